The number of hydroxylamine groups is 2. The van der Waals surface area contributed by atoms with Gasteiger partial charge in [0.2, 0.25) is 0 Å². The molecule has 148 valence electrons. The molecule has 3 aromatic carbocycles. The molecule has 1 aliphatic rings. The molecule has 0 aromatic heterocycles. The summed E-state index contributed by atoms with van der Waals surface area (Å²) in [6.07, 6.45) is 1.72. The molecular formula is C24H18N2O4. The van der Waals surface area contributed by atoms with Gasteiger partial charge in [0.05, 0.1) is 6.61 Å². The topological polar surface area (TPSA) is 79.6 Å². The zero-order chi connectivity index (χ0) is 21.3. The van der Waals surface area contributed by atoms with E-state index in [4.69, 9.17) is 9.88 Å². The zero-order valence-electron chi connectivity index (χ0n) is 16.5. The van der Waals surface area contributed by atoms with Gasteiger partial charge in [0, 0.05) is 5.57 Å². The Kier molecular flexibility index (Phi) is 5.15. The molecule has 2 amide bonds. The smallest absolute Gasteiger partial charge is 0.266 e. The van der Waals surface area contributed by atoms with Gasteiger partial charge in [-0.15, -0.1) is 10.1 Å². The Balaban J connectivity index is 2.01. The third-order valence-corrected chi connectivity index (χ3v) is 5.05. The third kappa shape index (κ3) is 3.16. The van der Waals surface area contributed by atoms with Crippen molar-refractivity contribution < 1.29 is 19.5 Å². The predicted molar refractivity (Wildman–Crippen MR) is 112 cm³/mol. The van der Waals surface area contributed by atoms with Gasteiger partial charge in [-0.1, -0.05) is 48.5 Å². The number of rotatable bonds is 4. The highest BCUT2D eigenvalue weighted by atomic mass is 17.3. The van der Waals surface area contributed by atoms with Gasteiger partial charge in [0.15, 0.2) is 0 Å². The van der Waals surface area contributed by atoms with Crippen LogP contribution in [0.4, 0.5) is 0 Å². The Hall–Kier alpha value is -3.79. The van der Waals surface area contributed by atoms with Crippen molar-refractivity contribution in [2.45, 2.75) is 13.8 Å². The quantitative estimate of drug-likeness (QED) is 0.213. The molecule has 3 aromatic rings. The molecule has 4 rings (SSSR count). The molecule has 0 unspecified atom stereocenters. The first-order chi connectivity index (χ1) is 14.6. The Morgan fingerprint density at radius 3 is 2.17 bits per heavy atom. The standard InChI is InChI=1S/C24H18N2O4/c1-3-29-30-26-23(27)20(15(2)22(14-25)24(26)28)13-21-18-10-6-4-8-16(18)12-17-9-5-7-11-19(17)21/h4-13H,3H2,1-2H3/b20-13-. The summed E-state index contributed by atoms with van der Waals surface area (Å²) in [7, 11) is 0. The highest BCUT2D eigenvalue weighted by Gasteiger charge is 2.37. The highest BCUT2D eigenvalue weighted by molar-refractivity contribution is 6.20. The Bertz CT molecular complexity index is 1240. The second-order valence-electron chi connectivity index (χ2n) is 6.79. The second-order valence-corrected chi connectivity index (χ2v) is 6.79. The Morgan fingerprint density at radius 1 is 1.00 bits per heavy atom. The van der Waals surface area contributed by atoms with Crippen LogP contribution in [0.5, 0.6) is 0 Å². The average Bonchev–Trinajstić information content (AvgIpc) is 2.76. The van der Waals surface area contributed by atoms with Gasteiger partial charge in [-0.25, -0.2) is 4.89 Å². The van der Waals surface area contributed by atoms with Gasteiger partial charge in [0.25, 0.3) is 11.8 Å². The minimum atomic E-state index is -0.839. The molecule has 0 saturated carbocycles. The number of hydrogen-bond acceptors (Lipinski definition) is 5. The van der Waals surface area contributed by atoms with E-state index in [0.29, 0.717) is 10.6 Å². The van der Waals surface area contributed by atoms with Gasteiger partial charge in [0.1, 0.15) is 11.6 Å². The highest BCUT2D eigenvalue weighted by Crippen LogP contribution is 2.33. The van der Waals surface area contributed by atoms with Crippen molar-refractivity contribution in [3.8, 4) is 6.07 Å². The summed E-state index contributed by atoms with van der Waals surface area (Å²) < 4.78 is 0. The van der Waals surface area contributed by atoms with E-state index in [0.717, 1.165) is 27.1 Å². The largest absolute Gasteiger partial charge is 0.298 e. The van der Waals surface area contributed by atoms with Crippen molar-refractivity contribution >= 4 is 39.4 Å². The fraction of sp³-hybridized carbons (Fsp3) is 0.125. The van der Waals surface area contributed by atoms with E-state index in [1.165, 1.54) is 0 Å². The van der Waals surface area contributed by atoms with Crippen molar-refractivity contribution in [3.63, 3.8) is 0 Å². The van der Waals surface area contributed by atoms with E-state index in [9.17, 15) is 14.9 Å². The van der Waals surface area contributed by atoms with Gasteiger partial charge in [-0.3, -0.25) is 9.59 Å². The van der Waals surface area contributed by atoms with E-state index < -0.39 is 11.8 Å². The first-order valence-electron chi connectivity index (χ1n) is 9.48. The number of nitrogens with zero attached hydrogens (tertiary/aromatic N) is 2. The number of imide groups is 1. The predicted octanol–water partition coefficient (Wildman–Crippen LogP) is 4.47. The number of fused-ring (bicyclic) bond motifs is 2. The van der Waals surface area contributed by atoms with Crippen LogP contribution in [0.15, 0.2) is 71.3 Å². The molecule has 0 saturated heterocycles. The number of nitriles is 1. The van der Waals surface area contributed by atoms with Crippen LogP contribution in [0, 0.1) is 11.3 Å². The molecule has 0 aliphatic carbocycles. The molecule has 0 radical (unpaired) electrons. The van der Waals surface area contributed by atoms with Crippen LogP contribution in [0.1, 0.15) is 19.4 Å². The summed E-state index contributed by atoms with van der Waals surface area (Å²) in [4.78, 5) is 35.3. The van der Waals surface area contributed by atoms with E-state index in [1.807, 2.05) is 54.6 Å². The number of carbonyl (C=O) groups excluding carboxylic acids is 2. The molecule has 0 atom stereocenters. The van der Waals surface area contributed by atoms with Gasteiger partial charge >= 0.3 is 0 Å². The minimum absolute atomic E-state index is 0.134. The molecule has 0 spiro atoms. The lowest BCUT2D eigenvalue weighted by atomic mass is 9.91. The van der Waals surface area contributed by atoms with Crippen LogP contribution in [0.3, 0.4) is 0 Å². The van der Waals surface area contributed by atoms with Crippen molar-refractivity contribution in [2.24, 2.45) is 0 Å². The van der Waals surface area contributed by atoms with E-state index in [2.05, 4.69) is 6.07 Å². The molecular weight excluding hydrogens is 380 g/mol. The molecule has 0 N–H and O–H groups in total. The lowest BCUT2D eigenvalue weighted by Gasteiger charge is -2.24. The van der Waals surface area contributed by atoms with Crippen LogP contribution in [0.25, 0.3) is 27.6 Å². The zero-order valence-corrected chi connectivity index (χ0v) is 16.5. The average molecular weight is 398 g/mol. The normalized spacial score (nSPS) is 16.0. The van der Waals surface area contributed by atoms with Crippen molar-refractivity contribution in [2.75, 3.05) is 6.61 Å². The van der Waals surface area contributed by atoms with E-state index >= 15 is 0 Å². The van der Waals surface area contributed by atoms with Gasteiger partial charge in [-0.2, -0.15) is 5.26 Å². The van der Waals surface area contributed by atoms with Crippen LogP contribution in [0.2, 0.25) is 0 Å². The molecule has 30 heavy (non-hydrogen) atoms. The van der Waals surface area contributed by atoms with E-state index in [-0.39, 0.29) is 17.8 Å². The number of amides is 2. The van der Waals surface area contributed by atoms with Crippen LogP contribution in [-0.2, 0) is 19.5 Å². The number of benzene rings is 3. The molecule has 1 aliphatic heterocycles. The van der Waals surface area contributed by atoms with Crippen molar-refractivity contribution in [1.29, 1.82) is 5.26 Å². The maximum Gasteiger partial charge on any atom is 0.298 e. The lowest BCUT2D eigenvalue weighted by molar-refractivity contribution is -0.392. The summed E-state index contributed by atoms with van der Waals surface area (Å²) >= 11 is 0. The second kappa shape index (κ2) is 7.91. The molecule has 6 nitrogen and oxygen atoms in total. The van der Waals surface area contributed by atoms with E-state index in [1.54, 1.807) is 19.9 Å². The fourth-order valence-electron chi connectivity index (χ4n) is 3.58. The molecule has 6 heteroatoms. The van der Waals surface area contributed by atoms with Crippen LogP contribution < -0.4 is 0 Å². The summed E-state index contributed by atoms with van der Waals surface area (Å²) in [6.45, 7) is 3.38. The van der Waals surface area contributed by atoms with Crippen LogP contribution in [-0.4, -0.2) is 23.5 Å². The van der Waals surface area contributed by atoms with Crippen molar-refractivity contribution in [3.05, 3.63) is 76.9 Å². The summed E-state index contributed by atoms with van der Waals surface area (Å²) in [6, 6.07) is 19.7. The maximum atomic E-state index is 13.1. The first kappa shape index (κ1) is 19.5. The fourth-order valence-corrected chi connectivity index (χ4v) is 3.58. The van der Waals surface area contributed by atoms with Crippen molar-refractivity contribution in [1.82, 2.24) is 5.06 Å². The van der Waals surface area contributed by atoms with Gasteiger partial charge in [-0.05, 0) is 58.7 Å². The number of hydrogen-bond donors (Lipinski definition) is 0. The summed E-state index contributed by atoms with van der Waals surface area (Å²) in [5.74, 6) is -1.52. The Labute approximate surface area is 173 Å². The van der Waals surface area contributed by atoms with Gasteiger partial charge < -0.3 is 0 Å². The first-order valence-corrected chi connectivity index (χ1v) is 9.48. The summed E-state index contributed by atoms with van der Waals surface area (Å²) in [5, 5.41) is 13.9. The van der Waals surface area contributed by atoms with Crippen LogP contribution >= 0.6 is 0 Å². The molecule has 1 heterocycles. The summed E-state index contributed by atoms with van der Waals surface area (Å²) in [5.41, 5.74) is 1.17. The molecule has 0 fully saturated rings. The number of carbonyl (C=O) groups is 2. The third-order valence-electron chi connectivity index (χ3n) is 5.05. The molecule has 0 bridgehead atoms. The Morgan fingerprint density at radius 2 is 1.60 bits per heavy atom. The SMILES string of the molecule is CCOON1C(=O)C(C#N)=C(C)/C(=C/c2c3ccccc3cc3ccccc23)C1=O. The maximum absolute atomic E-state index is 13.1. The minimum Gasteiger partial charge on any atom is -0.266 e. The lowest BCUT2D eigenvalue weighted by Crippen LogP contribution is -2.42. The monoisotopic (exact) mass is 398 g/mol.